The molecule has 316 valence electrons. The number of benzene rings is 4. The van der Waals surface area contributed by atoms with Gasteiger partial charge in [0.05, 0.1) is 25.7 Å². The SMILES string of the molecule is CC/C=C(\CNC(=O)c1ccc(-c2ccc(Cl)cc2)cc1)N(C)C(C)c1ccc(O)c(-c2cc(CC(NC(=O)CNC=O)C(=O)NCC(=O)C(F)(F)C(=O)O)ccc2O)c1. The smallest absolute Gasteiger partial charge is 0.401 e. The molecule has 0 saturated heterocycles. The lowest BCUT2D eigenvalue weighted by molar-refractivity contribution is -0.171. The van der Waals surface area contributed by atoms with Gasteiger partial charge in [0.25, 0.3) is 5.91 Å². The molecule has 2 atom stereocenters. The van der Waals surface area contributed by atoms with Crippen molar-refractivity contribution in [2.75, 3.05) is 26.7 Å². The molecule has 14 nitrogen and oxygen atoms in total. The number of hydrogen-bond donors (Lipinski definition) is 7. The molecular formula is C43H44ClF2N5O9. The van der Waals surface area contributed by atoms with Crippen molar-refractivity contribution in [3.8, 4) is 33.8 Å². The summed E-state index contributed by atoms with van der Waals surface area (Å²) in [4.78, 5) is 74.0. The number of carbonyl (C=O) groups is 6. The minimum absolute atomic E-state index is 0.129. The zero-order valence-electron chi connectivity index (χ0n) is 32.8. The average Bonchev–Trinajstić information content (AvgIpc) is 3.23. The fraction of sp³-hybridized carbons (Fsp3) is 0.256. The second-order valence-electron chi connectivity index (χ2n) is 13.6. The molecule has 0 bridgehead atoms. The van der Waals surface area contributed by atoms with Crippen molar-refractivity contribution >= 4 is 47.5 Å². The number of phenolic OH excluding ortho intramolecular Hbond substituents is 2. The van der Waals surface area contributed by atoms with Gasteiger partial charge in [0.1, 0.15) is 17.5 Å². The van der Waals surface area contributed by atoms with E-state index in [9.17, 15) is 47.8 Å². The lowest BCUT2D eigenvalue weighted by Gasteiger charge is -2.30. The average molecular weight is 848 g/mol. The van der Waals surface area contributed by atoms with Crippen LogP contribution < -0.4 is 21.3 Å². The van der Waals surface area contributed by atoms with E-state index in [0.29, 0.717) is 28.1 Å². The van der Waals surface area contributed by atoms with Gasteiger partial charge in [-0.15, -0.1) is 0 Å². The second kappa shape index (κ2) is 20.7. The maximum Gasteiger partial charge on any atom is 0.401 e. The summed E-state index contributed by atoms with van der Waals surface area (Å²) in [6, 6.07) is 21.6. The Kier molecular flexibility index (Phi) is 15.9. The zero-order chi connectivity index (χ0) is 44.1. The Labute approximate surface area is 349 Å². The van der Waals surface area contributed by atoms with Gasteiger partial charge in [-0.05, 0) is 84.1 Å². The lowest BCUT2D eigenvalue weighted by atomic mass is 9.94. The molecule has 0 aliphatic carbocycles. The number of carboxylic acid groups (broad SMARTS) is 1. The first-order valence-corrected chi connectivity index (χ1v) is 18.9. The Hall–Kier alpha value is -6.81. The number of nitrogens with one attached hydrogen (secondary N) is 4. The summed E-state index contributed by atoms with van der Waals surface area (Å²) in [5, 5.41) is 40.5. The van der Waals surface area contributed by atoms with Crippen LogP contribution in [-0.2, 0) is 30.4 Å². The fourth-order valence-corrected chi connectivity index (χ4v) is 6.20. The van der Waals surface area contributed by atoms with Gasteiger partial charge < -0.3 is 41.5 Å². The van der Waals surface area contributed by atoms with Crippen LogP contribution in [0.25, 0.3) is 22.3 Å². The zero-order valence-corrected chi connectivity index (χ0v) is 33.6. The van der Waals surface area contributed by atoms with Gasteiger partial charge in [-0.25, -0.2) is 4.79 Å². The number of phenols is 2. The molecule has 7 N–H and O–H groups in total. The monoisotopic (exact) mass is 847 g/mol. The summed E-state index contributed by atoms with van der Waals surface area (Å²) < 4.78 is 27.3. The van der Waals surface area contributed by atoms with E-state index in [1.807, 2.05) is 61.5 Å². The van der Waals surface area contributed by atoms with E-state index in [0.717, 1.165) is 16.8 Å². The molecule has 0 saturated carbocycles. The number of rotatable bonds is 20. The highest BCUT2D eigenvalue weighted by molar-refractivity contribution is 6.30. The van der Waals surface area contributed by atoms with Crippen molar-refractivity contribution < 1.29 is 52.9 Å². The van der Waals surface area contributed by atoms with Crippen LogP contribution in [0.5, 0.6) is 11.5 Å². The molecule has 4 aromatic carbocycles. The van der Waals surface area contributed by atoms with Crippen LogP contribution in [0.3, 0.4) is 0 Å². The number of Topliss-reactive ketones (excluding diaryl/α,β-unsaturated/α-hetero) is 1. The Morgan fingerprint density at radius 1 is 0.833 bits per heavy atom. The van der Waals surface area contributed by atoms with E-state index in [1.165, 1.54) is 24.3 Å². The summed E-state index contributed by atoms with van der Waals surface area (Å²) in [5.74, 6) is -12.3. The number of amides is 4. The Morgan fingerprint density at radius 3 is 2.03 bits per heavy atom. The minimum Gasteiger partial charge on any atom is -0.507 e. The number of likely N-dealkylation sites (N-methyl/N-ethyl adjacent to an activating group) is 1. The summed E-state index contributed by atoms with van der Waals surface area (Å²) in [7, 11) is 1.85. The summed E-state index contributed by atoms with van der Waals surface area (Å²) in [6.07, 6.45) is 2.54. The van der Waals surface area contributed by atoms with E-state index >= 15 is 0 Å². The first kappa shape index (κ1) is 45.9. The molecule has 0 fully saturated rings. The number of aromatic hydroxyl groups is 2. The van der Waals surface area contributed by atoms with Gasteiger partial charge in [-0.2, -0.15) is 8.78 Å². The number of allylic oxidation sites excluding steroid dienone is 1. The van der Waals surface area contributed by atoms with Crippen LogP contribution >= 0.6 is 11.6 Å². The summed E-state index contributed by atoms with van der Waals surface area (Å²) in [6.45, 7) is 2.15. The van der Waals surface area contributed by atoms with Gasteiger partial charge in [0.2, 0.25) is 24.0 Å². The fourth-order valence-electron chi connectivity index (χ4n) is 6.08. The van der Waals surface area contributed by atoms with Crippen LogP contribution in [0.15, 0.2) is 96.7 Å². The third-order valence-electron chi connectivity index (χ3n) is 9.56. The minimum atomic E-state index is -4.77. The largest absolute Gasteiger partial charge is 0.507 e. The Balaban J connectivity index is 1.52. The standard InChI is InChI=1S/C43H44ClF2N5O9/c1-4-5-32(21-48-40(57)29-9-7-27(8-10-29)28-11-14-31(44)15-12-28)51(3)25(2)30-13-17-37(54)34(20-30)33-18-26(6-16-36(33)53)19-35(50-39(56)23-47-24-52)41(58)49-22-38(55)43(45,46)42(59)60/h5-18,20,24-25,35,53-54H,4,19,21-23H2,1-3H3,(H,47,52)(H,48,57)(H,49,58)(H,50,56)(H,59,60)/b32-5+. The van der Waals surface area contributed by atoms with Crippen molar-refractivity contribution in [1.82, 2.24) is 26.2 Å². The number of halogens is 3. The molecule has 0 spiro atoms. The molecule has 0 heterocycles. The van der Waals surface area contributed by atoms with Crippen LogP contribution in [0, 0.1) is 0 Å². The number of alkyl halides is 2. The highest BCUT2D eigenvalue weighted by Gasteiger charge is 2.47. The van der Waals surface area contributed by atoms with E-state index in [4.69, 9.17) is 16.7 Å². The van der Waals surface area contributed by atoms with Gasteiger partial charge in [0.15, 0.2) is 0 Å². The highest BCUT2D eigenvalue weighted by Crippen LogP contribution is 2.39. The maximum absolute atomic E-state index is 13.7. The van der Waals surface area contributed by atoms with Gasteiger partial charge in [-0.3, -0.25) is 24.0 Å². The molecule has 0 aliphatic rings. The van der Waals surface area contributed by atoms with E-state index in [1.54, 1.807) is 36.4 Å². The number of aliphatic carboxylic acids is 1. The summed E-state index contributed by atoms with van der Waals surface area (Å²) in [5.41, 5.74) is 4.50. The maximum atomic E-state index is 13.7. The highest BCUT2D eigenvalue weighted by atomic mass is 35.5. The molecule has 17 heteroatoms. The van der Waals surface area contributed by atoms with Crippen molar-refractivity contribution in [3.05, 3.63) is 118 Å². The third-order valence-corrected chi connectivity index (χ3v) is 9.81. The van der Waals surface area contributed by atoms with Gasteiger partial charge in [-0.1, -0.05) is 61.0 Å². The Morgan fingerprint density at radius 2 is 1.43 bits per heavy atom. The van der Waals surface area contributed by atoms with E-state index in [2.05, 4.69) is 16.0 Å². The molecule has 0 aromatic heterocycles. The molecule has 4 rings (SSSR count). The van der Waals surface area contributed by atoms with Gasteiger partial charge >= 0.3 is 11.9 Å². The van der Waals surface area contributed by atoms with Crippen LogP contribution in [0.1, 0.15) is 47.8 Å². The van der Waals surface area contributed by atoms with Crippen LogP contribution in [0.2, 0.25) is 5.02 Å². The summed E-state index contributed by atoms with van der Waals surface area (Å²) >= 11 is 6.01. The number of ketones is 1. The van der Waals surface area contributed by atoms with Crippen molar-refractivity contribution in [3.63, 3.8) is 0 Å². The first-order valence-electron chi connectivity index (χ1n) is 18.6. The molecule has 60 heavy (non-hydrogen) atoms. The number of carbonyl (C=O) groups excluding carboxylic acids is 5. The third kappa shape index (κ3) is 11.9. The van der Waals surface area contributed by atoms with E-state index < -0.39 is 48.6 Å². The van der Waals surface area contributed by atoms with Crippen molar-refractivity contribution in [2.45, 2.75) is 44.7 Å². The number of carboxylic acids is 1. The topological polar surface area (TPSA) is 214 Å². The van der Waals surface area contributed by atoms with E-state index in [-0.39, 0.29) is 54.0 Å². The lowest BCUT2D eigenvalue weighted by Crippen LogP contribution is -2.52. The predicted octanol–water partition coefficient (Wildman–Crippen LogP) is 4.98. The normalized spacial score (nSPS) is 12.4. The molecule has 2 unspecified atom stereocenters. The second-order valence-corrected chi connectivity index (χ2v) is 14.1. The Bertz CT molecular complexity index is 2250. The first-order chi connectivity index (χ1) is 28.5. The van der Waals surface area contributed by atoms with Gasteiger partial charge in [0, 0.05) is 40.9 Å². The number of nitrogens with zero attached hydrogens (tertiary/aromatic N) is 1. The molecule has 0 aliphatic heterocycles. The van der Waals surface area contributed by atoms with Crippen molar-refractivity contribution in [1.29, 1.82) is 0 Å². The predicted molar refractivity (Wildman–Crippen MR) is 219 cm³/mol. The molecule has 4 aromatic rings. The quantitative estimate of drug-likeness (QED) is 0.0468. The molecular weight excluding hydrogens is 804 g/mol. The molecule has 4 amide bonds. The molecule has 0 radical (unpaired) electrons. The van der Waals surface area contributed by atoms with Crippen LogP contribution in [0.4, 0.5) is 8.78 Å². The number of hydrogen-bond acceptors (Lipinski definition) is 9. The van der Waals surface area contributed by atoms with Crippen molar-refractivity contribution in [2.24, 2.45) is 0 Å². The van der Waals surface area contributed by atoms with Crippen LogP contribution in [-0.4, -0.2) is 94.7 Å².